The van der Waals surface area contributed by atoms with Gasteiger partial charge in [-0.3, -0.25) is 10.1 Å². The second-order valence-electron chi connectivity index (χ2n) is 6.55. The third-order valence-corrected chi connectivity index (χ3v) is 5.69. The van der Waals surface area contributed by atoms with Crippen LogP contribution < -0.4 is 4.90 Å². The largest absolute Gasteiger partial charge is 0.367 e. The van der Waals surface area contributed by atoms with Crippen molar-refractivity contribution < 1.29 is 18.1 Å². The minimum atomic E-state index is -3.72. The van der Waals surface area contributed by atoms with Crippen LogP contribution in [0.25, 0.3) is 0 Å². The Kier molecular flexibility index (Phi) is 4.72. The van der Waals surface area contributed by atoms with Gasteiger partial charge in [0.2, 0.25) is 0 Å². The molecule has 0 N–H and O–H groups in total. The van der Waals surface area contributed by atoms with Gasteiger partial charge in [-0.05, 0) is 24.6 Å². The maximum atomic E-state index is 12.0. The summed E-state index contributed by atoms with van der Waals surface area (Å²) < 4.78 is 30.0. The van der Waals surface area contributed by atoms with Gasteiger partial charge in [0.15, 0.2) is 9.84 Å². The van der Waals surface area contributed by atoms with Crippen molar-refractivity contribution in [2.24, 2.45) is 0 Å². The SMILES string of the molecule is CC1(c2ccccc2)CN(c2ccc([N+](=O)[O-])c(S(C)(=O)=O)c2)CCO1. The van der Waals surface area contributed by atoms with Gasteiger partial charge >= 0.3 is 0 Å². The lowest BCUT2D eigenvalue weighted by Crippen LogP contribution is -2.48. The number of morpholine rings is 1. The van der Waals surface area contributed by atoms with Crippen LogP contribution in [0.5, 0.6) is 0 Å². The van der Waals surface area contributed by atoms with Crippen molar-refractivity contribution >= 4 is 21.2 Å². The highest BCUT2D eigenvalue weighted by Crippen LogP contribution is 2.34. The van der Waals surface area contributed by atoms with Crippen molar-refractivity contribution in [2.45, 2.75) is 17.4 Å². The molecule has 0 amide bonds. The Morgan fingerprint density at radius 2 is 1.88 bits per heavy atom. The molecule has 1 aliphatic heterocycles. The second-order valence-corrected chi connectivity index (χ2v) is 8.53. The Morgan fingerprint density at radius 3 is 2.50 bits per heavy atom. The van der Waals surface area contributed by atoms with Gasteiger partial charge in [-0.15, -0.1) is 0 Å². The highest BCUT2D eigenvalue weighted by Gasteiger charge is 2.34. The predicted octanol–water partition coefficient (Wildman–Crippen LogP) is 2.75. The molecule has 1 fully saturated rings. The van der Waals surface area contributed by atoms with E-state index >= 15 is 0 Å². The van der Waals surface area contributed by atoms with Gasteiger partial charge in [0.1, 0.15) is 10.5 Å². The number of hydrogen-bond acceptors (Lipinski definition) is 6. The lowest BCUT2D eigenvalue weighted by atomic mass is 9.93. The fourth-order valence-corrected chi connectivity index (χ4v) is 4.06. The van der Waals surface area contributed by atoms with E-state index in [0.29, 0.717) is 25.4 Å². The molecule has 2 aromatic carbocycles. The molecule has 138 valence electrons. The van der Waals surface area contributed by atoms with Gasteiger partial charge < -0.3 is 9.64 Å². The van der Waals surface area contributed by atoms with Crippen LogP contribution >= 0.6 is 0 Å². The summed E-state index contributed by atoms with van der Waals surface area (Å²) in [4.78, 5) is 12.2. The summed E-state index contributed by atoms with van der Waals surface area (Å²) in [5, 5.41) is 11.2. The van der Waals surface area contributed by atoms with Gasteiger partial charge in [-0.1, -0.05) is 30.3 Å². The molecule has 0 aliphatic carbocycles. The van der Waals surface area contributed by atoms with Crippen LogP contribution in [0.4, 0.5) is 11.4 Å². The average Bonchev–Trinajstić information content (AvgIpc) is 2.61. The van der Waals surface area contributed by atoms with E-state index in [-0.39, 0.29) is 4.90 Å². The van der Waals surface area contributed by atoms with Crippen molar-refractivity contribution in [3.63, 3.8) is 0 Å². The van der Waals surface area contributed by atoms with E-state index in [4.69, 9.17) is 4.74 Å². The van der Waals surface area contributed by atoms with Crippen LogP contribution in [0.15, 0.2) is 53.4 Å². The summed E-state index contributed by atoms with van der Waals surface area (Å²) >= 11 is 0. The molecule has 0 bridgehead atoms. The molecular formula is C18H20N2O5S. The molecule has 1 atom stereocenters. The number of nitrogens with zero attached hydrogens (tertiary/aromatic N) is 2. The third-order valence-electron chi connectivity index (χ3n) is 4.56. The second kappa shape index (κ2) is 6.69. The Hall–Kier alpha value is -2.45. The van der Waals surface area contributed by atoms with Gasteiger partial charge in [-0.2, -0.15) is 0 Å². The monoisotopic (exact) mass is 376 g/mol. The van der Waals surface area contributed by atoms with Crippen molar-refractivity contribution in [3.8, 4) is 0 Å². The number of ether oxygens (including phenoxy) is 1. The Morgan fingerprint density at radius 1 is 1.19 bits per heavy atom. The van der Waals surface area contributed by atoms with Crippen molar-refractivity contribution in [2.75, 3.05) is 30.9 Å². The van der Waals surface area contributed by atoms with Crippen LogP contribution in [0.2, 0.25) is 0 Å². The zero-order valence-corrected chi connectivity index (χ0v) is 15.4. The highest BCUT2D eigenvalue weighted by atomic mass is 32.2. The average molecular weight is 376 g/mol. The summed E-state index contributed by atoms with van der Waals surface area (Å²) in [6, 6.07) is 14.0. The molecular weight excluding hydrogens is 356 g/mol. The zero-order chi connectivity index (χ0) is 18.9. The smallest absolute Gasteiger partial charge is 0.288 e. The first-order valence-electron chi connectivity index (χ1n) is 8.14. The van der Waals surface area contributed by atoms with Crippen molar-refractivity contribution in [3.05, 3.63) is 64.2 Å². The van der Waals surface area contributed by atoms with E-state index in [9.17, 15) is 18.5 Å². The van der Waals surface area contributed by atoms with E-state index in [1.807, 2.05) is 42.2 Å². The van der Waals surface area contributed by atoms with Crippen LogP contribution in [0.1, 0.15) is 12.5 Å². The third kappa shape index (κ3) is 3.56. The van der Waals surface area contributed by atoms with Gasteiger partial charge in [0.25, 0.3) is 5.69 Å². The first-order valence-corrected chi connectivity index (χ1v) is 10.0. The van der Waals surface area contributed by atoms with Gasteiger partial charge in [0, 0.05) is 24.6 Å². The fourth-order valence-electron chi connectivity index (χ4n) is 3.20. The van der Waals surface area contributed by atoms with Crippen LogP contribution in [0.3, 0.4) is 0 Å². The zero-order valence-electron chi connectivity index (χ0n) is 14.6. The molecule has 0 spiro atoms. The van der Waals surface area contributed by atoms with E-state index in [1.165, 1.54) is 12.1 Å². The number of nitro benzene ring substituents is 1. The normalized spacial score (nSPS) is 20.8. The molecule has 8 heteroatoms. The maximum Gasteiger partial charge on any atom is 0.288 e. The molecule has 7 nitrogen and oxygen atoms in total. The van der Waals surface area contributed by atoms with E-state index in [0.717, 1.165) is 11.8 Å². The Bertz CT molecular complexity index is 930. The Labute approximate surface area is 152 Å². The number of hydrogen-bond donors (Lipinski definition) is 0. The van der Waals surface area contributed by atoms with E-state index in [2.05, 4.69) is 0 Å². The Balaban J connectivity index is 1.98. The summed E-state index contributed by atoms with van der Waals surface area (Å²) in [7, 11) is -3.72. The van der Waals surface area contributed by atoms with Crippen LogP contribution in [-0.2, 0) is 20.2 Å². The summed E-state index contributed by atoms with van der Waals surface area (Å²) in [6.45, 7) is 3.54. The lowest BCUT2D eigenvalue weighted by Gasteiger charge is -2.42. The molecule has 0 aromatic heterocycles. The molecule has 0 saturated carbocycles. The van der Waals surface area contributed by atoms with Crippen LogP contribution in [-0.4, -0.2) is 39.3 Å². The number of sulfone groups is 1. The van der Waals surface area contributed by atoms with E-state index < -0.39 is 26.0 Å². The molecule has 1 heterocycles. The molecule has 26 heavy (non-hydrogen) atoms. The number of benzene rings is 2. The minimum Gasteiger partial charge on any atom is -0.367 e. The topological polar surface area (TPSA) is 89.8 Å². The lowest BCUT2D eigenvalue weighted by molar-refractivity contribution is -0.387. The summed E-state index contributed by atoms with van der Waals surface area (Å²) in [5.74, 6) is 0. The summed E-state index contributed by atoms with van der Waals surface area (Å²) in [5.41, 5.74) is 0.693. The molecule has 1 unspecified atom stereocenters. The quantitative estimate of drug-likeness (QED) is 0.602. The van der Waals surface area contributed by atoms with E-state index in [1.54, 1.807) is 6.07 Å². The standard InChI is InChI=1S/C18H20N2O5S/c1-18(14-6-4-3-5-7-14)13-19(10-11-25-18)15-8-9-16(20(21)22)17(12-15)26(2,23)24/h3-9,12H,10-11,13H2,1-2H3. The maximum absolute atomic E-state index is 12.0. The predicted molar refractivity (Wildman–Crippen MR) is 98.2 cm³/mol. The van der Waals surface area contributed by atoms with Crippen molar-refractivity contribution in [1.82, 2.24) is 0 Å². The van der Waals surface area contributed by atoms with Crippen molar-refractivity contribution in [1.29, 1.82) is 0 Å². The number of rotatable bonds is 4. The molecule has 1 saturated heterocycles. The number of anilines is 1. The summed E-state index contributed by atoms with van der Waals surface area (Å²) in [6.07, 6.45) is 0.979. The van der Waals surface area contributed by atoms with Gasteiger partial charge in [0.05, 0.1) is 18.1 Å². The highest BCUT2D eigenvalue weighted by molar-refractivity contribution is 7.90. The molecule has 2 aromatic rings. The molecule has 1 aliphatic rings. The molecule has 3 rings (SSSR count). The fraction of sp³-hybridized carbons (Fsp3) is 0.333. The number of nitro groups is 1. The first kappa shape index (κ1) is 18.3. The molecule has 0 radical (unpaired) electrons. The van der Waals surface area contributed by atoms with Crippen LogP contribution in [0, 0.1) is 10.1 Å². The minimum absolute atomic E-state index is 0.270. The van der Waals surface area contributed by atoms with Gasteiger partial charge in [-0.25, -0.2) is 8.42 Å². The first-order chi connectivity index (χ1) is 12.2.